The fourth-order valence-corrected chi connectivity index (χ4v) is 3.04. The molecule has 144 valence electrons. The van der Waals surface area contributed by atoms with E-state index in [-0.39, 0.29) is 18.2 Å². The maximum absolute atomic E-state index is 12.4. The first-order valence-corrected chi connectivity index (χ1v) is 8.94. The number of piperazine rings is 1. The Bertz CT molecular complexity index is 633. The van der Waals surface area contributed by atoms with Crippen LogP contribution < -0.4 is 20.1 Å². The number of hydrogen-bond acceptors (Lipinski definition) is 5. The summed E-state index contributed by atoms with van der Waals surface area (Å²) in [6.07, 6.45) is 0.144. The Morgan fingerprint density at radius 2 is 2.12 bits per heavy atom. The molecule has 0 saturated carbocycles. The van der Waals surface area contributed by atoms with E-state index in [2.05, 4.69) is 10.6 Å². The van der Waals surface area contributed by atoms with E-state index in [1.54, 1.807) is 14.2 Å². The number of nitrogens with one attached hydrogen (secondary N) is 2. The summed E-state index contributed by atoms with van der Waals surface area (Å²) in [5.74, 6) is 1.46. The molecule has 0 radical (unpaired) electrons. The molecule has 1 aliphatic rings. The predicted molar refractivity (Wildman–Crippen MR) is 99.2 cm³/mol. The predicted octanol–water partition coefficient (Wildman–Crippen LogP) is 1.17. The van der Waals surface area contributed by atoms with Crippen LogP contribution in [0.4, 0.5) is 0 Å². The largest absolute Gasteiger partial charge is 0.493 e. The Labute approximate surface area is 155 Å². The Hall–Kier alpha value is -2.28. The van der Waals surface area contributed by atoms with E-state index in [9.17, 15) is 9.59 Å². The number of methoxy groups -OCH3 is 2. The minimum atomic E-state index is -0.494. The minimum Gasteiger partial charge on any atom is -0.493 e. The van der Waals surface area contributed by atoms with Crippen LogP contribution in [0.15, 0.2) is 18.2 Å². The zero-order valence-electron chi connectivity index (χ0n) is 16.0. The van der Waals surface area contributed by atoms with E-state index in [1.165, 1.54) is 0 Å². The van der Waals surface area contributed by atoms with Crippen molar-refractivity contribution in [2.45, 2.75) is 32.9 Å². The Kier molecular flexibility index (Phi) is 7.26. The number of para-hydroxylation sites is 1. The lowest BCUT2D eigenvalue weighted by Crippen LogP contribution is -2.56. The van der Waals surface area contributed by atoms with Gasteiger partial charge in [-0.1, -0.05) is 26.0 Å². The zero-order chi connectivity index (χ0) is 19.1. The lowest BCUT2D eigenvalue weighted by atomic mass is 10.1. The summed E-state index contributed by atoms with van der Waals surface area (Å²) in [5.41, 5.74) is 0.925. The van der Waals surface area contributed by atoms with Gasteiger partial charge in [-0.2, -0.15) is 0 Å². The van der Waals surface area contributed by atoms with Crippen LogP contribution in [0.5, 0.6) is 11.5 Å². The van der Waals surface area contributed by atoms with Crippen molar-refractivity contribution in [2.24, 2.45) is 5.92 Å². The summed E-state index contributed by atoms with van der Waals surface area (Å²) in [4.78, 5) is 26.6. The molecule has 0 spiro atoms. The van der Waals surface area contributed by atoms with Crippen LogP contribution in [0.25, 0.3) is 0 Å². The topological polar surface area (TPSA) is 79.9 Å². The maximum Gasteiger partial charge on any atom is 0.237 e. The van der Waals surface area contributed by atoms with Crippen LogP contribution in [0, 0.1) is 5.92 Å². The number of nitrogens with zero attached hydrogens (tertiary/aromatic N) is 1. The summed E-state index contributed by atoms with van der Waals surface area (Å²) in [6, 6.07) is 5.18. The summed E-state index contributed by atoms with van der Waals surface area (Å²) in [7, 11) is 3.19. The Balaban J connectivity index is 2.13. The molecular weight excluding hydrogens is 334 g/mol. The van der Waals surface area contributed by atoms with Gasteiger partial charge in [0.05, 0.1) is 26.7 Å². The highest BCUT2D eigenvalue weighted by Crippen LogP contribution is 2.32. The van der Waals surface area contributed by atoms with Gasteiger partial charge in [0.2, 0.25) is 11.8 Å². The Morgan fingerprint density at radius 1 is 1.35 bits per heavy atom. The second-order valence-electron chi connectivity index (χ2n) is 6.83. The first-order chi connectivity index (χ1) is 12.5. The van der Waals surface area contributed by atoms with Crippen LogP contribution in [0.1, 0.15) is 25.8 Å². The van der Waals surface area contributed by atoms with Gasteiger partial charge in [0.1, 0.15) is 0 Å². The molecule has 7 heteroatoms. The summed E-state index contributed by atoms with van der Waals surface area (Å²) in [5, 5.41) is 5.74. The molecule has 0 aliphatic carbocycles. The molecule has 2 amide bonds. The van der Waals surface area contributed by atoms with Crippen LogP contribution in [0.2, 0.25) is 0 Å². The monoisotopic (exact) mass is 363 g/mol. The molecule has 2 rings (SSSR count). The number of carbonyl (C=O) groups is 2. The molecule has 1 aromatic carbocycles. The van der Waals surface area contributed by atoms with Gasteiger partial charge < -0.3 is 20.1 Å². The van der Waals surface area contributed by atoms with Gasteiger partial charge in [-0.05, 0) is 12.0 Å². The van der Waals surface area contributed by atoms with Gasteiger partial charge in [-0.25, -0.2) is 0 Å². The molecule has 1 aromatic rings. The van der Waals surface area contributed by atoms with E-state index in [0.29, 0.717) is 43.6 Å². The molecule has 2 N–H and O–H groups in total. The van der Waals surface area contributed by atoms with Crippen molar-refractivity contribution >= 4 is 11.8 Å². The molecular formula is C19H29N3O4. The molecule has 0 bridgehead atoms. The van der Waals surface area contributed by atoms with Gasteiger partial charge in [0.25, 0.3) is 0 Å². The Morgan fingerprint density at radius 3 is 2.77 bits per heavy atom. The van der Waals surface area contributed by atoms with Crippen LogP contribution in [-0.4, -0.2) is 56.6 Å². The SMILES string of the molecule is COc1cccc(CN2CCNC(=O)[C@@H]2CC(=O)NCC(C)C)c1OC. The standard InChI is InChI=1S/C19H29N3O4/c1-13(2)11-21-17(23)10-15-19(24)20-8-9-22(15)12-14-6-5-7-16(25-3)18(14)26-4/h5-7,13,15H,8-12H2,1-4H3,(H,20,24)(H,21,23)/t15-/m0/s1. The number of benzene rings is 1. The molecule has 7 nitrogen and oxygen atoms in total. The van der Waals surface area contributed by atoms with Crippen molar-refractivity contribution in [3.8, 4) is 11.5 Å². The fourth-order valence-electron chi connectivity index (χ4n) is 3.04. The number of carbonyl (C=O) groups excluding carboxylic acids is 2. The third-order valence-electron chi connectivity index (χ3n) is 4.39. The highest BCUT2D eigenvalue weighted by Gasteiger charge is 2.32. The number of hydrogen-bond donors (Lipinski definition) is 2. The van der Waals surface area contributed by atoms with E-state index in [1.807, 2.05) is 36.9 Å². The van der Waals surface area contributed by atoms with Crippen LogP contribution >= 0.6 is 0 Å². The zero-order valence-corrected chi connectivity index (χ0v) is 16.0. The van der Waals surface area contributed by atoms with Gasteiger partial charge in [0, 0.05) is 31.7 Å². The van der Waals surface area contributed by atoms with E-state index in [0.717, 1.165) is 5.56 Å². The van der Waals surface area contributed by atoms with Crippen molar-refractivity contribution in [3.05, 3.63) is 23.8 Å². The summed E-state index contributed by atoms with van der Waals surface area (Å²) in [6.45, 7) is 6.43. The first kappa shape index (κ1) is 20.0. The lowest BCUT2D eigenvalue weighted by Gasteiger charge is -2.35. The molecule has 0 unspecified atom stereocenters. The molecule has 1 fully saturated rings. The quantitative estimate of drug-likeness (QED) is 0.725. The van der Waals surface area contributed by atoms with Gasteiger partial charge in [-0.15, -0.1) is 0 Å². The van der Waals surface area contributed by atoms with E-state index < -0.39 is 6.04 Å². The smallest absolute Gasteiger partial charge is 0.237 e. The summed E-state index contributed by atoms with van der Waals surface area (Å²) < 4.78 is 10.8. The second kappa shape index (κ2) is 9.43. The number of rotatable bonds is 8. The molecule has 26 heavy (non-hydrogen) atoms. The van der Waals surface area contributed by atoms with E-state index >= 15 is 0 Å². The maximum atomic E-state index is 12.4. The molecule has 1 atom stereocenters. The molecule has 0 aromatic heterocycles. The minimum absolute atomic E-state index is 0.108. The van der Waals surface area contributed by atoms with Gasteiger partial charge in [-0.3, -0.25) is 14.5 Å². The fraction of sp³-hybridized carbons (Fsp3) is 0.579. The number of ether oxygens (including phenoxy) is 2. The van der Waals surface area contributed by atoms with Crippen LogP contribution in [-0.2, 0) is 16.1 Å². The highest BCUT2D eigenvalue weighted by molar-refractivity contribution is 5.88. The average molecular weight is 363 g/mol. The third-order valence-corrected chi connectivity index (χ3v) is 4.39. The van der Waals surface area contributed by atoms with Crippen molar-refractivity contribution in [1.82, 2.24) is 15.5 Å². The van der Waals surface area contributed by atoms with Crippen molar-refractivity contribution in [3.63, 3.8) is 0 Å². The second-order valence-corrected chi connectivity index (χ2v) is 6.83. The van der Waals surface area contributed by atoms with Crippen molar-refractivity contribution in [2.75, 3.05) is 33.9 Å². The normalized spacial score (nSPS) is 17.7. The first-order valence-electron chi connectivity index (χ1n) is 8.94. The lowest BCUT2D eigenvalue weighted by molar-refractivity contribution is -0.134. The third kappa shape index (κ3) is 5.11. The van der Waals surface area contributed by atoms with Gasteiger partial charge >= 0.3 is 0 Å². The highest BCUT2D eigenvalue weighted by atomic mass is 16.5. The van der Waals surface area contributed by atoms with E-state index in [4.69, 9.17) is 9.47 Å². The average Bonchev–Trinajstić information content (AvgIpc) is 2.62. The van der Waals surface area contributed by atoms with Crippen molar-refractivity contribution < 1.29 is 19.1 Å². The summed E-state index contributed by atoms with van der Waals surface area (Å²) >= 11 is 0. The number of amides is 2. The van der Waals surface area contributed by atoms with Crippen LogP contribution in [0.3, 0.4) is 0 Å². The molecule has 1 saturated heterocycles. The van der Waals surface area contributed by atoms with Gasteiger partial charge in [0.15, 0.2) is 11.5 Å². The molecule has 1 aliphatic heterocycles. The molecule has 1 heterocycles. The van der Waals surface area contributed by atoms with Crippen molar-refractivity contribution in [1.29, 1.82) is 0 Å².